The third-order valence-electron chi connectivity index (χ3n) is 2.00. The molecule has 16 heavy (non-hydrogen) atoms. The first-order chi connectivity index (χ1) is 7.74. The van der Waals surface area contributed by atoms with Gasteiger partial charge in [-0.3, -0.25) is 0 Å². The van der Waals surface area contributed by atoms with Crippen molar-refractivity contribution in [1.82, 2.24) is 4.98 Å². The summed E-state index contributed by atoms with van der Waals surface area (Å²) in [7, 11) is 0. The number of hydrogen-bond acceptors (Lipinski definition) is 3. The Kier molecular flexibility index (Phi) is 3.27. The minimum Gasteiger partial charge on any atom is -0.236 e. The molecule has 0 aliphatic rings. The van der Waals surface area contributed by atoms with Crippen LogP contribution < -0.4 is 0 Å². The lowest BCUT2D eigenvalue weighted by Crippen LogP contribution is -1.74. The molecule has 0 spiro atoms. The summed E-state index contributed by atoms with van der Waals surface area (Å²) in [6.45, 7) is 1.99. The lowest BCUT2D eigenvalue weighted by molar-refractivity contribution is 1.14. The van der Waals surface area contributed by atoms with E-state index in [0.29, 0.717) is 10.8 Å². The second-order valence-corrected chi connectivity index (χ2v) is 3.80. The summed E-state index contributed by atoms with van der Waals surface area (Å²) < 4.78 is 0. The number of pyridine rings is 1. The predicted molar refractivity (Wildman–Crippen MR) is 64.6 cm³/mol. The van der Waals surface area contributed by atoms with Crippen molar-refractivity contribution in [3.63, 3.8) is 0 Å². The van der Waals surface area contributed by atoms with Gasteiger partial charge in [-0.05, 0) is 48.9 Å². The fraction of sp³-hybridized carbons (Fsp3) is 0.0833. The van der Waals surface area contributed by atoms with Crippen molar-refractivity contribution >= 4 is 23.1 Å². The molecule has 0 radical (unpaired) electrons. The minimum atomic E-state index is 0.606. The second kappa shape index (κ2) is 4.86. The van der Waals surface area contributed by atoms with E-state index in [1.54, 1.807) is 18.3 Å². The third kappa shape index (κ3) is 2.87. The maximum atomic E-state index is 5.76. The number of aromatic nitrogens is 1. The Labute approximate surface area is 98.8 Å². The predicted octanol–water partition coefficient (Wildman–Crippen LogP) is 4.46. The lowest BCUT2D eigenvalue weighted by Gasteiger charge is -1.94. The van der Waals surface area contributed by atoms with Crippen LogP contribution in [0.4, 0.5) is 11.5 Å². The largest absolute Gasteiger partial charge is 0.236 e. The zero-order valence-electron chi connectivity index (χ0n) is 8.76. The average molecular weight is 232 g/mol. The van der Waals surface area contributed by atoms with E-state index in [0.717, 1.165) is 11.3 Å². The zero-order valence-corrected chi connectivity index (χ0v) is 9.52. The van der Waals surface area contributed by atoms with Gasteiger partial charge < -0.3 is 0 Å². The molecule has 0 N–H and O–H groups in total. The summed E-state index contributed by atoms with van der Waals surface area (Å²) in [5.41, 5.74) is 1.87. The molecule has 3 nitrogen and oxygen atoms in total. The van der Waals surface area contributed by atoms with E-state index in [1.165, 1.54) is 0 Å². The summed E-state index contributed by atoms with van der Waals surface area (Å²) in [6, 6.07) is 11.0. The highest BCUT2D eigenvalue weighted by molar-refractivity contribution is 6.30. The molecule has 4 heteroatoms. The van der Waals surface area contributed by atoms with Gasteiger partial charge in [-0.1, -0.05) is 11.6 Å². The quantitative estimate of drug-likeness (QED) is 0.703. The molecule has 2 rings (SSSR count). The minimum absolute atomic E-state index is 0.606. The van der Waals surface area contributed by atoms with Gasteiger partial charge in [0.05, 0.1) is 5.69 Å². The van der Waals surface area contributed by atoms with E-state index >= 15 is 0 Å². The van der Waals surface area contributed by atoms with Crippen molar-refractivity contribution < 1.29 is 0 Å². The van der Waals surface area contributed by atoms with Crippen LogP contribution >= 0.6 is 11.6 Å². The summed E-state index contributed by atoms with van der Waals surface area (Å²) in [6.07, 6.45) is 1.71. The van der Waals surface area contributed by atoms with Gasteiger partial charge >= 0.3 is 0 Å². The topological polar surface area (TPSA) is 37.6 Å². The number of azo groups is 1. The summed E-state index contributed by atoms with van der Waals surface area (Å²) in [5, 5.41) is 8.79. The standard InChI is InChI=1S/C12H10ClN3/c1-9-6-7-14-12(8-9)16-15-11-4-2-10(13)3-5-11/h2-8H,1H3. The number of nitrogens with zero attached hydrogens (tertiary/aromatic N) is 3. The van der Waals surface area contributed by atoms with Crippen LogP contribution in [0.1, 0.15) is 5.56 Å². The highest BCUT2D eigenvalue weighted by Gasteiger charge is 1.92. The molecule has 0 aliphatic carbocycles. The number of benzene rings is 1. The first kappa shape index (κ1) is 10.8. The van der Waals surface area contributed by atoms with Crippen molar-refractivity contribution in [2.75, 3.05) is 0 Å². The van der Waals surface area contributed by atoms with Crippen molar-refractivity contribution in [3.8, 4) is 0 Å². The number of aryl methyl sites for hydroxylation is 1. The number of rotatable bonds is 2. The highest BCUT2D eigenvalue weighted by atomic mass is 35.5. The maximum absolute atomic E-state index is 5.76. The Morgan fingerprint density at radius 2 is 1.81 bits per heavy atom. The first-order valence-corrected chi connectivity index (χ1v) is 5.22. The smallest absolute Gasteiger partial charge is 0.174 e. The molecule has 0 unspecified atom stereocenters. The second-order valence-electron chi connectivity index (χ2n) is 3.37. The monoisotopic (exact) mass is 231 g/mol. The van der Waals surface area contributed by atoms with Crippen LogP contribution in [0.25, 0.3) is 0 Å². The Hall–Kier alpha value is -1.74. The van der Waals surface area contributed by atoms with Gasteiger partial charge in [0.2, 0.25) is 0 Å². The van der Waals surface area contributed by atoms with Crippen LogP contribution in [0.15, 0.2) is 52.8 Å². The van der Waals surface area contributed by atoms with Crippen molar-refractivity contribution in [3.05, 3.63) is 53.2 Å². The van der Waals surface area contributed by atoms with E-state index < -0.39 is 0 Å². The molecule has 0 saturated heterocycles. The van der Waals surface area contributed by atoms with E-state index in [-0.39, 0.29) is 0 Å². The molecule has 0 bridgehead atoms. The fourth-order valence-electron chi connectivity index (χ4n) is 1.19. The molecule has 0 amide bonds. The number of halogens is 1. The third-order valence-corrected chi connectivity index (χ3v) is 2.25. The Morgan fingerprint density at radius 3 is 2.50 bits per heavy atom. The molecule has 80 valence electrons. The average Bonchev–Trinajstić information content (AvgIpc) is 2.28. The molecule has 0 atom stereocenters. The molecule has 0 fully saturated rings. The van der Waals surface area contributed by atoms with Gasteiger partial charge in [0.15, 0.2) is 5.82 Å². The van der Waals surface area contributed by atoms with Gasteiger partial charge in [0, 0.05) is 11.2 Å². The Bertz CT molecular complexity index is 506. The van der Waals surface area contributed by atoms with E-state index in [2.05, 4.69) is 15.2 Å². The van der Waals surface area contributed by atoms with E-state index in [1.807, 2.05) is 31.2 Å². The first-order valence-electron chi connectivity index (χ1n) is 4.84. The lowest BCUT2D eigenvalue weighted by atomic mass is 10.3. The molecule has 1 aromatic heterocycles. The Balaban J connectivity index is 2.18. The van der Waals surface area contributed by atoms with Gasteiger partial charge in [-0.2, -0.15) is 0 Å². The van der Waals surface area contributed by atoms with Crippen LogP contribution in [-0.4, -0.2) is 4.98 Å². The zero-order chi connectivity index (χ0) is 11.4. The van der Waals surface area contributed by atoms with Crippen LogP contribution in [-0.2, 0) is 0 Å². The number of hydrogen-bond donors (Lipinski definition) is 0. The van der Waals surface area contributed by atoms with Crippen LogP contribution in [0.2, 0.25) is 5.02 Å². The van der Waals surface area contributed by atoms with Gasteiger partial charge in [-0.25, -0.2) is 4.98 Å². The molecule has 1 aromatic carbocycles. The van der Waals surface area contributed by atoms with Crippen LogP contribution in [0, 0.1) is 6.92 Å². The normalized spacial score (nSPS) is 10.9. The Morgan fingerprint density at radius 1 is 1.06 bits per heavy atom. The van der Waals surface area contributed by atoms with Crippen LogP contribution in [0.5, 0.6) is 0 Å². The molecule has 2 aromatic rings. The van der Waals surface area contributed by atoms with Crippen molar-refractivity contribution in [1.29, 1.82) is 0 Å². The summed E-state index contributed by atoms with van der Waals surface area (Å²) >= 11 is 5.76. The molecule has 0 aliphatic heterocycles. The molecular formula is C12H10ClN3. The fourth-order valence-corrected chi connectivity index (χ4v) is 1.32. The maximum Gasteiger partial charge on any atom is 0.174 e. The summed E-state index contributed by atoms with van der Waals surface area (Å²) in [4.78, 5) is 4.09. The van der Waals surface area contributed by atoms with E-state index in [9.17, 15) is 0 Å². The van der Waals surface area contributed by atoms with Crippen molar-refractivity contribution in [2.24, 2.45) is 10.2 Å². The van der Waals surface area contributed by atoms with Gasteiger partial charge in [0.25, 0.3) is 0 Å². The summed E-state index contributed by atoms with van der Waals surface area (Å²) in [5.74, 6) is 0.606. The highest BCUT2D eigenvalue weighted by Crippen LogP contribution is 2.19. The van der Waals surface area contributed by atoms with E-state index in [4.69, 9.17) is 11.6 Å². The van der Waals surface area contributed by atoms with Crippen molar-refractivity contribution in [2.45, 2.75) is 6.92 Å². The molecular weight excluding hydrogens is 222 g/mol. The van der Waals surface area contributed by atoms with Gasteiger partial charge in [-0.15, -0.1) is 10.2 Å². The van der Waals surface area contributed by atoms with Gasteiger partial charge in [0.1, 0.15) is 0 Å². The van der Waals surface area contributed by atoms with Crippen LogP contribution in [0.3, 0.4) is 0 Å². The molecule has 0 saturated carbocycles. The molecule has 1 heterocycles. The SMILES string of the molecule is Cc1ccnc(N=Nc2ccc(Cl)cc2)c1.